The van der Waals surface area contributed by atoms with Gasteiger partial charge < -0.3 is 20.5 Å². The number of ether oxygens (including phenoxy) is 1. The molecule has 1 fully saturated rings. The van der Waals surface area contributed by atoms with E-state index >= 15 is 0 Å². The van der Waals surface area contributed by atoms with Crippen molar-refractivity contribution < 1.29 is 14.6 Å². The van der Waals surface area contributed by atoms with E-state index in [2.05, 4.69) is 11.8 Å². The molecule has 6 heteroatoms. The molecule has 1 aliphatic heterocycles. The molecule has 2 rings (SSSR count). The van der Waals surface area contributed by atoms with E-state index in [-0.39, 0.29) is 31.2 Å². The molecular formula is C14H18N2O3S. The van der Waals surface area contributed by atoms with Gasteiger partial charge in [0.1, 0.15) is 4.88 Å². The quantitative estimate of drug-likeness (QED) is 0.768. The lowest BCUT2D eigenvalue weighted by molar-refractivity contribution is -0.0666. The molecule has 1 aromatic heterocycles. The molecule has 0 spiro atoms. The SMILES string of the molecule is CC1COC(CO)CN1C(=O)c1sccc1C#CCN. The van der Waals surface area contributed by atoms with Crippen LogP contribution in [0.3, 0.4) is 0 Å². The summed E-state index contributed by atoms with van der Waals surface area (Å²) in [5, 5.41) is 11.0. The van der Waals surface area contributed by atoms with Crippen LogP contribution in [0.1, 0.15) is 22.2 Å². The Balaban J connectivity index is 2.19. The average molecular weight is 294 g/mol. The Hall–Kier alpha value is -1.39. The lowest BCUT2D eigenvalue weighted by Crippen LogP contribution is -2.52. The first-order chi connectivity index (χ1) is 9.67. The van der Waals surface area contributed by atoms with Gasteiger partial charge >= 0.3 is 0 Å². The summed E-state index contributed by atoms with van der Waals surface area (Å²) in [5.41, 5.74) is 6.08. The summed E-state index contributed by atoms with van der Waals surface area (Å²) >= 11 is 1.37. The maximum absolute atomic E-state index is 12.6. The van der Waals surface area contributed by atoms with E-state index in [1.807, 2.05) is 18.4 Å². The summed E-state index contributed by atoms with van der Waals surface area (Å²) in [4.78, 5) is 15.0. The standard InChI is InChI=1S/C14H18N2O3S/c1-10-9-19-12(8-17)7-16(10)14(18)13-11(3-2-5-15)4-6-20-13/h4,6,10,12,17H,5,7-9,15H2,1H3. The maximum Gasteiger partial charge on any atom is 0.265 e. The lowest BCUT2D eigenvalue weighted by Gasteiger charge is -2.37. The smallest absolute Gasteiger partial charge is 0.265 e. The first-order valence-electron chi connectivity index (χ1n) is 6.47. The molecule has 2 unspecified atom stereocenters. The summed E-state index contributed by atoms with van der Waals surface area (Å²) < 4.78 is 5.45. The van der Waals surface area contributed by atoms with Crippen molar-refractivity contribution in [2.24, 2.45) is 5.73 Å². The molecule has 0 radical (unpaired) electrons. The Morgan fingerprint density at radius 3 is 3.20 bits per heavy atom. The number of morpholine rings is 1. The van der Waals surface area contributed by atoms with E-state index < -0.39 is 0 Å². The second kappa shape index (κ2) is 6.86. The first-order valence-corrected chi connectivity index (χ1v) is 7.35. The van der Waals surface area contributed by atoms with Gasteiger partial charge in [-0.25, -0.2) is 0 Å². The number of amides is 1. The van der Waals surface area contributed by atoms with Crippen molar-refractivity contribution in [2.45, 2.75) is 19.1 Å². The summed E-state index contributed by atoms with van der Waals surface area (Å²) in [5.74, 6) is 5.63. The van der Waals surface area contributed by atoms with Crippen LogP contribution in [-0.2, 0) is 4.74 Å². The molecule has 2 atom stereocenters. The molecule has 2 heterocycles. The van der Waals surface area contributed by atoms with E-state index in [1.54, 1.807) is 4.90 Å². The Kier molecular flexibility index (Phi) is 5.15. The summed E-state index contributed by atoms with van der Waals surface area (Å²) in [7, 11) is 0. The maximum atomic E-state index is 12.6. The van der Waals surface area contributed by atoms with E-state index in [0.717, 1.165) is 0 Å². The highest BCUT2D eigenvalue weighted by molar-refractivity contribution is 7.12. The topological polar surface area (TPSA) is 75.8 Å². The van der Waals surface area contributed by atoms with Crippen LogP contribution >= 0.6 is 11.3 Å². The van der Waals surface area contributed by atoms with Crippen LogP contribution in [-0.4, -0.2) is 54.4 Å². The van der Waals surface area contributed by atoms with E-state index in [4.69, 9.17) is 10.5 Å². The van der Waals surface area contributed by atoms with Gasteiger partial charge in [-0.2, -0.15) is 0 Å². The van der Waals surface area contributed by atoms with Gasteiger partial charge in [-0.3, -0.25) is 4.79 Å². The number of nitrogens with two attached hydrogens (primary N) is 1. The molecule has 5 nitrogen and oxygen atoms in total. The van der Waals surface area contributed by atoms with Crippen LogP contribution in [0.2, 0.25) is 0 Å². The Labute approximate surface area is 122 Å². The van der Waals surface area contributed by atoms with Crippen molar-refractivity contribution >= 4 is 17.2 Å². The number of aliphatic hydroxyl groups is 1. The van der Waals surface area contributed by atoms with Crippen LogP contribution in [0.4, 0.5) is 0 Å². The van der Waals surface area contributed by atoms with Gasteiger partial charge in [-0.05, 0) is 18.4 Å². The van der Waals surface area contributed by atoms with Gasteiger partial charge in [0.2, 0.25) is 0 Å². The molecule has 0 bridgehead atoms. The van der Waals surface area contributed by atoms with Gasteiger partial charge in [0.15, 0.2) is 0 Å². The highest BCUT2D eigenvalue weighted by Crippen LogP contribution is 2.22. The molecule has 108 valence electrons. The van der Waals surface area contributed by atoms with Gasteiger partial charge in [-0.15, -0.1) is 11.3 Å². The van der Waals surface area contributed by atoms with Crippen molar-refractivity contribution in [3.63, 3.8) is 0 Å². The third kappa shape index (κ3) is 3.19. The van der Waals surface area contributed by atoms with E-state index in [9.17, 15) is 9.90 Å². The van der Waals surface area contributed by atoms with E-state index in [0.29, 0.717) is 23.6 Å². The molecule has 0 aliphatic carbocycles. The molecule has 1 amide bonds. The minimum Gasteiger partial charge on any atom is -0.394 e. The predicted molar refractivity (Wildman–Crippen MR) is 77.6 cm³/mol. The highest BCUT2D eigenvalue weighted by Gasteiger charge is 2.31. The molecule has 1 saturated heterocycles. The predicted octanol–water partition coefficient (Wildman–Crippen LogP) is 0.280. The molecular weight excluding hydrogens is 276 g/mol. The van der Waals surface area contributed by atoms with Crippen molar-refractivity contribution in [1.82, 2.24) is 4.90 Å². The fourth-order valence-corrected chi connectivity index (χ4v) is 2.87. The third-order valence-corrected chi connectivity index (χ3v) is 4.06. The number of hydrogen-bond acceptors (Lipinski definition) is 5. The largest absolute Gasteiger partial charge is 0.394 e. The number of rotatable bonds is 2. The van der Waals surface area contributed by atoms with Gasteiger partial charge in [0.05, 0.1) is 31.9 Å². The number of hydrogen-bond donors (Lipinski definition) is 2. The van der Waals surface area contributed by atoms with Gasteiger partial charge in [0, 0.05) is 12.1 Å². The van der Waals surface area contributed by atoms with Crippen molar-refractivity contribution in [1.29, 1.82) is 0 Å². The van der Waals surface area contributed by atoms with Gasteiger partial charge in [0.25, 0.3) is 5.91 Å². The molecule has 1 aromatic rings. The van der Waals surface area contributed by atoms with E-state index in [1.165, 1.54) is 11.3 Å². The summed E-state index contributed by atoms with van der Waals surface area (Å²) in [6.45, 7) is 2.96. The van der Waals surface area contributed by atoms with Crippen molar-refractivity contribution in [3.8, 4) is 11.8 Å². The van der Waals surface area contributed by atoms with Crippen LogP contribution in [0.15, 0.2) is 11.4 Å². The third-order valence-electron chi connectivity index (χ3n) is 3.15. The Morgan fingerprint density at radius 2 is 2.50 bits per heavy atom. The van der Waals surface area contributed by atoms with Crippen molar-refractivity contribution in [3.05, 3.63) is 21.9 Å². The van der Waals surface area contributed by atoms with Crippen LogP contribution < -0.4 is 5.73 Å². The zero-order valence-corrected chi connectivity index (χ0v) is 12.2. The summed E-state index contributed by atoms with van der Waals surface area (Å²) in [6, 6.07) is 1.82. The highest BCUT2D eigenvalue weighted by atomic mass is 32.1. The number of aliphatic hydroxyl groups excluding tert-OH is 1. The number of thiophene rings is 1. The molecule has 0 saturated carbocycles. The van der Waals surface area contributed by atoms with Crippen LogP contribution in [0.5, 0.6) is 0 Å². The fraction of sp³-hybridized carbons (Fsp3) is 0.500. The molecule has 0 aromatic carbocycles. The number of carbonyl (C=O) groups excluding carboxylic acids is 1. The molecule has 3 N–H and O–H groups in total. The molecule has 20 heavy (non-hydrogen) atoms. The number of nitrogens with zero attached hydrogens (tertiary/aromatic N) is 1. The Bertz CT molecular complexity index is 532. The first kappa shape index (κ1) is 15.0. The fourth-order valence-electron chi connectivity index (χ4n) is 2.06. The second-order valence-corrected chi connectivity index (χ2v) is 5.53. The summed E-state index contributed by atoms with van der Waals surface area (Å²) in [6.07, 6.45) is -0.311. The second-order valence-electron chi connectivity index (χ2n) is 4.61. The normalized spacial score (nSPS) is 22.2. The molecule has 1 aliphatic rings. The zero-order valence-electron chi connectivity index (χ0n) is 11.3. The number of carbonyl (C=O) groups is 1. The zero-order chi connectivity index (χ0) is 14.5. The minimum absolute atomic E-state index is 0.0114. The monoisotopic (exact) mass is 294 g/mol. The van der Waals surface area contributed by atoms with Crippen LogP contribution in [0.25, 0.3) is 0 Å². The minimum atomic E-state index is -0.311. The average Bonchev–Trinajstić information content (AvgIpc) is 2.93. The van der Waals surface area contributed by atoms with Crippen molar-refractivity contribution in [2.75, 3.05) is 26.3 Å². The van der Waals surface area contributed by atoms with Gasteiger partial charge in [-0.1, -0.05) is 11.8 Å². The lowest BCUT2D eigenvalue weighted by atomic mass is 10.1. The van der Waals surface area contributed by atoms with Crippen LogP contribution in [0, 0.1) is 11.8 Å². The Morgan fingerprint density at radius 1 is 1.70 bits per heavy atom.